The van der Waals surface area contributed by atoms with Crippen molar-refractivity contribution in [3.63, 3.8) is 0 Å². The van der Waals surface area contributed by atoms with Gasteiger partial charge in [-0.05, 0) is 36.4 Å². The number of carbonyl (C=O) groups excluding carboxylic acids is 1. The maximum Gasteiger partial charge on any atom is 0.258 e. The Kier molecular flexibility index (Phi) is 3.55. The Bertz CT molecular complexity index is 751. The molecule has 2 aromatic carbocycles. The van der Waals surface area contributed by atoms with E-state index in [1.54, 1.807) is 40.9 Å². The quantitative estimate of drug-likeness (QED) is 0.821. The molecule has 21 heavy (non-hydrogen) atoms. The number of nitrogen functional groups attached to an aromatic ring is 1. The molecule has 2 N–H and O–H groups in total. The van der Waals surface area contributed by atoms with E-state index in [1.807, 2.05) is 18.2 Å². The summed E-state index contributed by atoms with van der Waals surface area (Å²) in [6, 6.07) is 14.4. The van der Waals surface area contributed by atoms with Crippen molar-refractivity contribution < 1.29 is 4.79 Å². The van der Waals surface area contributed by atoms with E-state index < -0.39 is 0 Å². The maximum atomic E-state index is 12.7. The number of fused-ring (bicyclic) bond motifs is 1. The number of rotatable bonds is 1. The van der Waals surface area contributed by atoms with E-state index in [0.717, 1.165) is 16.3 Å². The van der Waals surface area contributed by atoms with Crippen LogP contribution in [-0.2, 0) is 0 Å². The number of carbonyl (C=O) groups is 1. The molecule has 0 spiro atoms. The second-order valence-electron chi connectivity index (χ2n) is 4.73. The second kappa shape index (κ2) is 5.51. The number of thioether (sulfide) groups is 1. The van der Waals surface area contributed by atoms with Crippen LogP contribution in [0.4, 0.5) is 11.4 Å². The Balaban J connectivity index is 2.00. The standard InChI is InChI=1S/C16H13N3OS/c17-10-11-2-1-3-12(8-11)16(20)19-6-7-21-15-5-4-13(18)9-14(15)19/h1-5,8-9H,6-7,18H2. The van der Waals surface area contributed by atoms with Crippen LogP contribution in [0.3, 0.4) is 0 Å². The molecule has 0 saturated carbocycles. The van der Waals surface area contributed by atoms with Crippen molar-refractivity contribution in [2.24, 2.45) is 0 Å². The molecule has 0 fully saturated rings. The van der Waals surface area contributed by atoms with E-state index in [2.05, 4.69) is 6.07 Å². The van der Waals surface area contributed by atoms with Gasteiger partial charge >= 0.3 is 0 Å². The molecule has 0 unspecified atom stereocenters. The van der Waals surface area contributed by atoms with Crippen LogP contribution >= 0.6 is 11.8 Å². The minimum absolute atomic E-state index is 0.0979. The highest BCUT2D eigenvalue weighted by Crippen LogP contribution is 2.36. The van der Waals surface area contributed by atoms with Gasteiger partial charge in [-0.3, -0.25) is 4.79 Å². The van der Waals surface area contributed by atoms with E-state index in [0.29, 0.717) is 23.4 Å². The van der Waals surface area contributed by atoms with Crippen LogP contribution in [0.1, 0.15) is 15.9 Å². The number of nitrogens with zero attached hydrogens (tertiary/aromatic N) is 2. The fourth-order valence-corrected chi connectivity index (χ4v) is 3.30. The predicted molar refractivity (Wildman–Crippen MR) is 84.4 cm³/mol. The summed E-state index contributed by atoms with van der Waals surface area (Å²) in [7, 11) is 0. The smallest absolute Gasteiger partial charge is 0.258 e. The number of amides is 1. The lowest BCUT2D eigenvalue weighted by molar-refractivity contribution is 0.0987. The Morgan fingerprint density at radius 2 is 2.14 bits per heavy atom. The normalized spacial score (nSPS) is 13.4. The van der Waals surface area contributed by atoms with Gasteiger partial charge in [-0.1, -0.05) is 6.07 Å². The number of nitrogens with two attached hydrogens (primary N) is 1. The van der Waals surface area contributed by atoms with Crippen LogP contribution in [-0.4, -0.2) is 18.2 Å². The summed E-state index contributed by atoms with van der Waals surface area (Å²) in [5, 5.41) is 8.95. The first-order valence-corrected chi connectivity index (χ1v) is 7.52. The van der Waals surface area contributed by atoms with Gasteiger partial charge in [-0.15, -0.1) is 11.8 Å². The first-order valence-electron chi connectivity index (χ1n) is 6.53. The van der Waals surface area contributed by atoms with E-state index in [-0.39, 0.29) is 5.91 Å². The van der Waals surface area contributed by atoms with Gasteiger partial charge in [0.2, 0.25) is 0 Å². The first kappa shape index (κ1) is 13.5. The zero-order valence-corrected chi connectivity index (χ0v) is 12.1. The molecule has 0 radical (unpaired) electrons. The third-order valence-corrected chi connectivity index (χ3v) is 4.37. The van der Waals surface area contributed by atoms with Gasteiger partial charge in [-0.25, -0.2) is 0 Å². The van der Waals surface area contributed by atoms with Crippen molar-refractivity contribution in [1.82, 2.24) is 0 Å². The molecule has 5 heteroatoms. The first-order chi connectivity index (χ1) is 10.2. The van der Waals surface area contributed by atoms with E-state index in [9.17, 15) is 4.79 Å². The van der Waals surface area contributed by atoms with Gasteiger partial charge in [-0.2, -0.15) is 5.26 Å². The van der Waals surface area contributed by atoms with Crippen molar-refractivity contribution in [3.05, 3.63) is 53.6 Å². The van der Waals surface area contributed by atoms with Crippen LogP contribution in [0, 0.1) is 11.3 Å². The molecule has 3 rings (SSSR count). The van der Waals surface area contributed by atoms with E-state index >= 15 is 0 Å². The average Bonchev–Trinajstić information content (AvgIpc) is 2.53. The lowest BCUT2D eigenvalue weighted by Gasteiger charge is -2.29. The average molecular weight is 295 g/mol. The Morgan fingerprint density at radius 3 is 2.95 bits per heavy atom. The molecule has 0 aromatic heterocycles. The fourth-order valence-electron chi connectivity index (χ4n) is 2.32. The maximum absolute atomic E-state index is 12.7. The molecule has 1 heterocycles. The molecule has 1 aliphatic heterocycles. The lowest BCUT2D eigenvalue weighted by atomic mass is 10.1. The zero-order valence-electron chi connectivity index (χ0n) is 11.2. The summed E-state index contributed by atoms with van der Waals surface area (Å²) in [5.41, 5.74) is 8.33. The highest BCUT2D eigenvalue weighted by Gasteiger charge is 2.24. The van der Waals surface area contributed by atoms with Gasteiger partial charge in [0.25, 0.3) is 5.91 Å². The summed E-state index contributed by atoms with van der Waals surface area (Å²) in [5.74, 6) is 0.750. The Morgan fingerprint density at radius 1 is 1.29 bits per heavy atom. The van der Waals surface area contributed by atoms with Crippen molar-refractivity contribution in [1.29, 1.82) is 5.26 Å². The summed E-state index contributed by atoms with van der Waals surface area (Å²) in [4.78, 5) is 15.5. The molecule has 104 valence electrons. The van der Waals surface area contributed by atoms with Crippen LogP contribution in [0.2, 0.25) is 0 Å². The van der Waals surface area contributed by atoms with Crippen LogP contribution < -0.4 is 10.6 Å². The molecule has 4 nitrogen and oxygen atoms in total. The minimum Gasteiger partial charge on any atom is -0.399 e. The number of hydrogen-bond donors (Lipinski definition) is 1. The number of benzene rings is 2. The summed E-state index contributed by atoms with van der Waals surface area (Å²) >= 11 is 1.72. The van der Waals surface area contributed by atoms with Gasteiger partial charge in [0, 0.05) is 28.4 Å². The summed E-state index contributed by atoms with van der Waals surface area (Å²) in [6.07, 6.45) is 0. The molecule has 1 aliphatic rings. The molecule has 0 bridgehead atoms. The molecule has 0 saturated heterocycles. The summed E-state index contributed by atoms with van der Waals surface area (Å²) < 4.78 is 0. The van der Waals surface area contributed by atoms with Crippen molar-refractivity contribution in [2.45, 2.75) is 4.90 Å². The molecule has 0 aliphatic carbocycles. The number of anilines is 2. The van der Waals surface area contributed by atoms with Crippen LogP contribution in [0.25, 0.3) is 0 Å². The van der Waals surface area contributed by atoms with Gasteiger partial charge in [0.1, 0.15) is 0 Å². The third kappa shape index (κ3) is 2.58. The molecule has 0 atom stereocenters. The minimum atomic E-state index is -0.0979. The molecule has 2 aromatic rings. The molecule has 1 amide bonds. The van der Waals surface area contributed by atoms with Crippen LogP contribution in [0.15, 0.2) is 47.4 Å². The monoisotopic (exact) mass is 295 g/mol. The largest absolute Gasteiger partial charge is 0.399 e. The topological polar surface area (TPSA) is 70.1 Å². The van der Waals surface area contributed by atoms with Crippen LogP contribution in [0.5, 0.6) is 0 Å². The van der Waals surface area contributed by atoms with Gasteiger partial charge in [0.05, 0.1) is 17.3 Å². The van der Waals surface area contributed by atoms with Crippen molar-refractivity contribution in [3.8, 4) is 6.07 Å². The third-order valence-electron chi connectivity index (χ3n) is 3.33. The Hall–Kier alpha value is -2.45. The highest BCUT2D eigenvalue weighted by atomic mass is 32.2. The second-order valence-corrected chi connectivity index (χ2v) is 5.86. The molecular weight excluding hydrogens is 282 g/mol. The van der Waals surface area contributed by atoms with Gasteiger partial charge < -0.3 is 10.6 Å². The lowest BCUT2D eigenvalue weighted by Crippen LogP contribution is -2.35. The number of hydrogen-bond acceptors (Lipinski definition) is 4. The Labute approximate surface area is 127 Å². The van der Waals surface area contributed by atoms with E-state index in [4.69, 9.17) is 11.0 Å². The summed E-state index contributed by atoms with van der Waals surface area (Å²) in [6.45, 7) is 0.636. The van der Waals surface area contributed by atoms with Crippen molar-refractivity contribution in [2.75, 3.05) is 22.9 Å². The van der Waals surface area contributed by atoms with Crippen molar-refractivity contribution >= 4 is 29.0 Å². The van der Waals surface area contributed by atoms with Gasteiger partial charge in [0.15, 0.2) is 0 Å². The van der Waals surface area contributed by atoms with E-state index in [1.165, 1.54) is 0 Å². The zero-order chi connectivity index (χ0) is 14.8. The highest BCUT2D eigenvalue weighted by molar-refractivity contribution is 7.99. The fraction of sp³-hybridized carbons (Fsp3) is 0.125. The number of nitriles is 1. The SMILES string of the molecule is N#Cc1cccc(C(=O)N2CCSc3ccc(N)cc32)c1. The predicted octanol–water partition coefficient (Wildman–Crippen LogP) is 2.89. The molecular formula is C16H13N3OS.